The van der Waals surface area contributed by atoms with E-state index in [0.717, 1.165) is 70.6 Å². The highest BCUT2D eigenvalue weighted by Gasteiger charge is 2.26. The Morgan fingerprint density at radius 3 is 1.72 bits per heavy atom. The van der Waals surface area contributed by atoms with E-state index in [2.05, 4.69) is 98.9 Å². The summed E-state index contributed by atoms with van der Waals surface area (Å²) in [6, 6.07) is 0. The molecular weight excluding hydrogens is 753 g/mol. The van der Waals surface area contributed by atoms with Gasteiger partial charge in [0.05, 0.1) is 19.3 Å². The molecule has 0 aliphatic heterocycles. The minimum Gasteiger partial charge on any atom is -0.462 e. The minimum atomic E-state index is -4.45. The second-order valence-corrected chi connectivity index (χ2v) is 15.1. The van der Waals surface area contributed by atoms with Crippen molar-refractivity contribution in [2.24, 2.45) is 5.73 Å². The molecule has 0 heterocycles. The normalized spacial score (nSPS) is 14.9. The molecule has 58 heavy (non-hydrogen) atoms. The fraction of sp³-hybridized carbons (Fsp3) is 0.574. The molecule has 0 aliphatic rings. The maximum Gasteiger partial charge on any atom is 0.472 e. The van der Waals surface area contributed by atoms with Gasteiger partial charge in [-0.3, -0.25) is 18.6 Å². The molecule has 0 saturated carbocycles. The summed E-state index contributed by atoms with van der Waals surface area (Å²) in [7, 11) is -4.45. The highest BCUT2D eigenvalue weighted by atomic mass is 31.2. The smallest absolute Gasteiger partial charge is 0.462 e. The highest BCUT2D eigenvalue weighted by molar-refractivity contribution is 7.47. The first-order chi connectivity index (χ1) is 28.2. The predicted molar refractivity (Wildman–Crippen MR) is 239 cm³/mol. The Morgan fingerprint density at radius 2 is 1.16 bits per heavy atom. The van der Waals surface area contributed by atoms with Gasteiger partial charge in [0, 0.05) is 19.4 Å². The van der Waals surface area contributed by atoms with Crippen LogP contribution in [0.4, 0.5) is 0 Å². The number of hydrogen-bond donors (Lipinski definition) is 3. The molecule has 0 rings (SSSR count). The number of carbonyl (C=O) groups excluding carboxylic acids is 2. The van der Waals surface area contributed by atoms with Crippen LogP contribution in [-0.4, -0.2) is 60.5 Å². The largest absolute Gasteiger partial charge is 0.472 e. The first kappa shape index (κ1) is 54.6. The Hall–Kier alpha value is -3.37. The molecule has 0 aromatic carbocycles. The number of rotatable bonds is 38. The Labute approximate surface area is 351 Å². The third-order valence-corrected chi connectivity index (χ3v) is 9.23. The molecule has 0 amide bonds. The van der Waals surface area contributed by atoms with Crippen molar-refractivity contribution in [2.75, 3.05) is 26.4 Å². The molecule has 11 heteroatoms. The number of esters is 2. The second kappa shape index (κ2) is 41.8. The van der Waals surface area contributed by atoms with Crippen LogP contribution in [0.15, 0.2) is 109 Å². The topological polar surface area (TPSA) is 155 Å². The van der Waals surface area contributed by atoms with Crippen molar-refractivity contribution in [3.8, 4) is 0 Å². The van der Waals surface area contributed by atoms with Crippen LogP contribution in [0, 0.1) is 0 Å². The number of phosphoric ester groups is 1. The first-order valence-electron chi connectivity index (χ1n) is 21.5. The summed E-state index contributed by atoms with van der Waals surface area (Å²) in [5.74, 6) is -1.08. The number of ether oxygens (including phenoxy) is 2. The number of aliphatic hydroxyl groups is 1. The fourth-order valence-electron chi connectivity index (χ4n) is 5.06. The fourth-order valence-corrected chi connectivity index (χ4v) is 5.82. The zero-order valence-corrected chi connectivity index (χ0v) is 36.5. The summed E-state index contributed by atoms with van der Waals surface area (Å²) >= 11 is 0. The molecular formula is C47H76NO9P. The average molecular weight is 830 g/mol. The number of carbonyl (C=O) groups is 2. The van der Waals surface area contributed by atoms with Crippen molar-refractivity contribution >= 4 is 19.8 Å². The van der Waals surface area contributed by atoms with Gasteiger partial charge in [0.2, 0.25) is 0 Å². The van der Waals surface area contributed by atoms with Crippen LogP contribution in [0.1, 0.15) is 136 Å². The average Bonchev–Trinajstić information content (AvgIpc) is 3.20. The molecule has 0 spiro atoms. The highest BCUT2D eigenvalue weighted by Crippen LogP contribution is 2.43. The van der Waals surface area contributed by atoms with Crippen molar-refractivity contribution in [3.05, 3.63) is 109 Å². The number of unbranched alkanes of at least 4 members (excludes halogenated alkanes) is 6. The van der Waals surface area contributed by atoms with E-state index in [-0.39, 0.29) is 32.6 Å². The first-order valence-corrected chi connectivity index (χ1v) is 23.0. The van der Waals surface area contributed by atoms with Gasteiger partial charge in [0.15, 0.2) is 6.10 Å². The van der Waals surface area contributed by atoms with E-state index >= 15 is 0 Å². The van der Waals surface area contributed by atoms with Gasteiger partial charge < -0.3 is 25.2 Å². The quantitative estimate of drug-likeness (QED) is 0.0180. The van der Waals surface area contributed by atoms with Crippen molar-refractivity contribution < 1.29 is 42.7 Å². The van der Waals surface area contributed by atoms with Crippen LogP contribution in [-0.2, 0) is 32.7 Å². The molecule has 4 N–H and O–H groups in total. The van der Waals surface area contributed by atoms with Gasteiger partial charge in [0.1, 0.15) is 6.61 Å². The lowest BCUT2D eigenvalue weighted by Gasteiger charge is -2.20. The predicted octanol–water partition coefficient (Wildman–Crippen LogP) is 11.4. The summed E-state index contributed by atoms with van der Waals surface area (Å²) in [5, 5.41) is 10.3. The van der Waals surface area contributed by atoms with Gasteiger partial charge in [-0.2, -0.15) is 0 Å². The van der Waals surface area contributed by atoms with Crippen LogP contribution in [0.25, 0.3) is 0 Å². The number of aliphatic hydroxyl groups excluding tert-OH is 1. The lowest BCUT2D eigenvalue weighted by molar-refractivity contribution is -0.161. The molecule has 0 fully saturated rings. The van der Waals surface area contributed by atoms with Crippen molar-refractivity contribution in [2.45, 2.75) is 148 Å². The Balaban J connectivity index is 4.44. The molecule has 10 nitrogen and oxygen atoms in total. The number of phosphoric acid groups is 1. The Morgan fingerprint density at radius 1 is 0.621 bits per heavy atom. The Bertz CT molecular complexity index is 1330. The summed E-state index contributed by atoms with van der Waals surface area (Å²) in [5.41, 5.74) is 5.33. The maximum absolute atomic E-state index is 12.6. The van der Waals surface area contributed by atoms with Gasteiger partial charge in [-0.05, 0) is 89.9 Å². The van der Waals surface area contributed by atoms with E-state index in [4.69, 9.17) is 24.3 Å². The summed E-state index contributed by atoms with van der Waals surface area (Å²) in [4.78, 5) is 34.9. The molecule has 0 aromatic heterocycles. The summed E-state index contributed by atoms with van der Waals surface area (Å²) in [6.07, 6.45) is 51.5. The number of hydrogen-bond acceptors (Lipinski definition) is 9. The van der Waals surface area contributed by atoms with Crippen molar-refractivity contribution in [1.29, 1.82) is 0 Å². The third-order valence-electron chi connectivity index (χ3n) is 8.25. The monoisotopic (exact) mass is 830 g/mol. The molecule has 0 radical (unpaired) electrons. The van der Waals surface area contributed by atoms with Crippen LogP contribution in [0.2, 0.25) is 0 Å². The van der Waals surface area contributed by atoms with Crippen LogP contribution in [0.3, 0.4) is 0 Å². The van der Waals surface area contributed by atoms with Gasteiger partial charge in [-0.25, -0.2) is 4.57 Å². The summed E-state index contributed by atoms with van der Waals surface area (Å²) in [6.45, 7) is 3.29. The van der Waals surface area contributed by atoms with Gasteiger partial charge >= 0.3 is 19.8 Å². The number of allylic oxidation sites excluding steroid dienone is 17. The zero-order valence-electron chi connectivity index (χ0n) is 35.6. The molecule has 3 atom stereocenters. The lowest BCUT2D eigenvalue weighted by Crippen LogP contribution is -2.29. The third kappa shape index (κ3) is 40.8. The van der Waals surface area contributed by atoms with Crippen LogP contribution >= 0.6 is 7.82 Å². The molecule has 328 valence electrons. The van der Waals surface area contributed by atoms with E-state index in [0.29, 0.717) is 19.3 Å². The van der Waals surface area contributed by atoms with Crippen LogP contribution < -0.4 is 5.73 Å². The maximum atomic E-state index is 12.6. The molecule has 0 saturated heterocycles. The molecule has 1 unspecified atom stereocenters. The van der Waals surface area contributed by atoms with Gasteiger partial charge in [-0.1, -0.05) is 142 Å². The molecule has 0 aromatic rings. The molecule has 0 bridgehead atoms. The zero-order chi connectivity index (χ0) is 42.6. The van der Waals surface area contributed by atoms with Crippen molar-refractivity contribution in [3.63, 3.8) is 0 Å². The van der Waals surface area contributed by atoms with E-state index in [9.17, 15) is 24.2 Å². The second-order valence-electron chi connectivity index (χ2n) is 13.7. The van der Waals surface area contributed by atoms with E-state index in [1.807, 2.05) is 12.2 Å². The Kier molecular flexibility index (Phi) is 39.4. The summed E-state index contributed by atoms with van der Waals surface area (Å²) < 4.78 is 32.6. The van der Waals surface area contributed by atoms with Crippen molar-refractivity contribution in [1.82, 2.24) is 0 Å². The molecule has 0 aliphatic carbocycles. The van der Waals surface area contributed by atoms with E-state index in [1.54, 1.807) is 12.2 Å². The number of nitrogens with two attached hydrogens (primary N) is 1. The van der Waals surface area contributed by atoms with Gasteiger partial charge in [0.25, 0.3) is 0 Å². The SMILES string of the molecule is CC/C=C\C/C=C\C/C=C\C/C=C\C/C=C\CCCCCC(=O)OC[C@H](COP(=O)(O)OCCN)OC(=O)CCC[C@@H](O)/C=C/C=C\C/C=C\C/C=C\CCCCC. The minimum absolute atomic E-state index is 0.0122. The van der Waals surface area contributed by atoms with E-state index < -0.39 is 38.6 Å². The van der Waals surface area contributed by atoms with Crippen LogP contribution in [0.5, 0.6) is 0 Å². The van der Waals surface area contributed by atoms with Gasteiger partial charge in [-0.15, -0.1) is 0 Å². The lowest BCUT2D eigenvalue weighted by atomic mass is 10.1. The van der Waals surface area contributed by atoms with E-state index in [1.165, 1.54) is 19.3 Å². The standard InChI is InChI=1S/C47H76NO9P/c1-3-5-7-9-11-13-15-17-18-19-20-21-22-24-26-28-30-32-34-38-46(50)54-42-45(43-56-58(52,53)55-41-40-48)57-47(51)39-35-37-44(49)36-33-31-29-27-25-23-16-14-12-10-8-6-4-2/h5,7,11-14,17-18,20-21,23-26,29,31,33,36,44-45,49H,3-4,6,8-10,15-16,19,22,27-28,30,32,34-35,37-43,48H2,1-2H3,(H,52,53)/b7-5-,13-11-,14-12-,18-17-,21-20-,25-23-,26-24-,31-29-,36-33+/t44-,45+/m0/s1.